The summed E-state index contributed by atoms with van der Waals surface area (Å²) in [7, 11) is 0. The highest BCUT2D eigenvalue weighted by Crippen LogP contribution is 2.20. The number of aliphatic carboxylic acids is 1. The Balaban J connectivity index is 2.34. The van der Waals surface area contributed by atoms with Gasteiger partial charge >= 0.3 is 5.97 Å². The van der Waals surface area contributed by atoms with Gasteiger partial charge in [-0.2, -0.15) is 0 Å². The molecule has 1 aliphatic heterocycles. The van der Waals surface area contributed by atoms with Crippen LogP contribution in [0.4, 0.5) is 0 Å². The molecule has 1 aromatic rings. The van der Waals surface area contributed by atoms with Crippen LogP contribution in [-0.4, -0.2) is 50.3 Å². The molecule has 0 radical (unpaired) electrons. The van der Waals surface area contributed by atoms with Crippen molar-refractivity contribution >= 4 is 23.6 Å². The van der Waals surface area contributed by atoms with Crippen molar-refractivity contribution in [2.45, 2.75) is 18.6 Å². The molecular weight excluding hydrogens is 270 g/mol. The smallest absolute Gasteiger partial charge is 0.323 e. The molecule has 0 unspecified atom stereocenters. The highest BCUT2D eigenvalue weighted by Gasteiger charge is 2.24. The molecule has 102 valence electrons. The first-order chi connectivity index (χ1) is 9.04. The summed E-state index contributed by atoms with van der Waals surface area (Å²) in [5, 5.41) is 9.34. The lowest BCUT2D eigenvalue weighted by molar-refractivity contribution is -0.137. The zero-order chi connectivity index (χ0) is 14.0. The lowest BCUT2D eigenvalue weighted by atomic mass is 10.2. The molecule has 0 aliphatic carbocycles. The third-order valence-electron chi connectivity index (χ3n) is 2.78. The molecule has 2 heterocycles. The fourth-order valence-corrected chi connectivity index (χ4v) is 2.74. The molecule has 0 atom stereocenters. The van der Waals surface area contributed by atoms with E-state index in [9.17, 15) is 14.4 Å². The third-order valence-corrected chi connectivity index (χ3v) is 3.75. The Labute approximate surface area is 113 Å². The van der Waals surface area contributed by atoms with Gasteiger partial charge in [0.25, 0.3) is 11.5 Å². The zero-order valence-corrected chi connectivity index (χ0v) is 11.1. The quantitative estimate of drug-likeness (QED) is 0.775. The molecule has 0 saturated carbocycles. The van der Waals surface area contributed by atoms with Crippen molar-refractivity contribution in [1.29, 1.82) is 0 Å². The van der Waals surface area contributed by atoms with Gasteiger partial charge in [0, 0.05) is 25.0 Å². The van der Waals surface area contributed by atoms with Crippen molar-refractivity contribution < 1.29 is 14.7 Å². The molecule has 0 aromatic carbocycles. The highest BCUT2D eigenvalue weighted by atomic mass is 32.2. The summed E-state index contributed by atoms with van der Waals surface area (Å²) in [5.41, 5.74) is -0.474. The summed E-state index contributed by atoms with van der Waals surface area (Å²) < 4.78 is 1.45. The van der Waals surface area contributed by atoms with Gasteiger partial charge in [-0.1, -0.05) is 11.8 Å². The lowest BCUT2D eigenvalue weighted by Gasteiger charge is -2.18. The normalized spacial score (nSPS) is 13.1. The number of hydrogen-bond acceptors (Lipinski definition) is 5. The largest absolute Gasteiger partial charge is 0.480 e. The van der Waals surface area contributed by atoms with Gasteiger partial charge in [-0.15, -0.1) is 0 Å². The van der Waals surface area contributed by atoms with Crippen LogP contribution in [0, 0.1) is 0 Å². The van der Waals surface area contributed by atoms with Crippen LogP contribution < -0.4 is 5.56 Å². The number of rotatable bonds is 4. The minimum Gasteiger partial charge on any atom is -0.480 e. The van der Waals surface area contributed by atoms with Crippen LogP contribution in [0.15, 0.2) is 16.1 Å². The predicted molar refractivity (Wildman–Crippen MR) is 68.4 cm³/mol. The highest BCUT2D eigenvalue weighted by molar-refractivity contribution is 7.99. The summed E-state index contributed by atoms with van der Waals surface area (Å²) in [6.45, 7) is 1.99. The van der Waals surface area contributed by atoms with Crippen molar-refractivity contribution in [3.63, 3.8) is 0 Å². The maximum absolute atomic E-state index is 12.1. The summed E-state index contributed by atoms with van der Waals surface area (Å²) >= 11 is 1.46. The number of carbonyl (C=O) groups is 2. The van der Waals surface area contributed by atoms with Gasteiger partial charge < -0.3 is 10.0 Å². The van der Waals surface area contributed by atoms with Crippen LogP contribution in [0.25, 0.3) is 0 Å². The number of carbonyl (C=O) groups excluding carboxylic acids is 1. The number of nitrogens with zero attached hydrogens (tertiary/aromatic N) is 3. The van der Waals surface area contributed by atoms with Gasteiger partial charge in [-0.05, 0) is 6.92 Å². The van der Waals surface area contributed by atoms with Crippen molar-refractivity contribution in [2.75, 3.05) is 18.8 Å². The van der Waals surface area contributed by atoms with Crippen molar-refractivity contribution in [3.8, 4) is 0 Å². The van der Waals surface area contributed by atoms with Gasteiger partial charge in [0.2, 0.25) is 0 Å². The number of thioether (sulfide) groups is 1. The van der Waals surface area contributed by atoms with E-state index in [-0.39, 0.29) is 12.1 Å². The maximum atomic E-state index is 12.1. The van der Waals surface area contributed by atoms with Crippen LogP contribution in [0.1, 0.15) is 17.3 Å². The number of carboxylic acid groups (broad SMARTS) is 1. The summed E-state index contributed by atoms with van der Waals surface area (Å²) in [5.74, 6) is -0.943. The second kappa shape index (κ2) is 5.43. The first-order valence-electron chi connectivity index (χ1n) is 5.78. The van der Waals surface area contributed by atoms with E-state index in [1.54, 1.807) is 6.92 Å². The van der Waals surface area contributed by atoms with Crippen LogP contribution in [0.5, 0.6) is 0 Å². The topological polar surface area (TPSA) is 92.5 Å². The molecular formula is C11H13N3O4S. The van der Waals surface area contributed by atoms with Crippen molar-refractivity contribution in [2.24, 2.45) is 0 Å². The zero-order valence-electron chi connectivity index (χ0n) is 10.3. The van der Waals surface area contributed by atoms with E-state index in [4.69, 9.17) is 5.11 Å². The number of aromatic nitrogens is 2. The molecule has 1 N–H and O–H groups in total. The van der Waals surface area contributed by atoms with Gasteiger partial charge in [0.05, 0.1) is 0 Å². The molecule has 2 rings (SSSR count). The average molecular weight is 283 g/mol. The van der Waals surface area contributed by atoms with Gasteiger partial charge in [-0.3, -0.25) is 19.0 Å². The van der Waals surface area contributed by atoms with Crippen LogP contribution >= 0.6 is 11.8 Å². The second-order valence-electron chi connectivity index (χ2n) is 3.97. The summed E-state index contributed by atoms with van der Waals surface area (Å²) in [6, 6.07) is 0. The molecule has 19 heavy (non-hydrogen) atoms. The first kappa shape index (κ1) is 13.6. The number of fused-ring (bicyclic) bond motifs is 1. The maximum Gasteiger partial charge on any atom is 0.323 e. The fourth-order valence-electron chi connectivity index (χ4n) is 1.83. The van der Waals surface area contributed by atoms with E-state index in [1.165, 1.54) is 22.5 Å². The Morgan fingerprint density at radius 1 is 1.58 bits per heavy atom. The number of amides is 1. The monoisotopic (exact) mass is 283 g/mol. The van der Waals surface area contributed by atoms with Crippen molar-refractivity contribution in [1.82, 2.24) is 14.5 Å². The Bertz CT molecular complexity index is 584. The third kappa shape index (κ3) is 2.62. The summed E-state index contributed by atoms with van der Waals surface area (Å²) in [4.78, 5) is 40.1. The molecule has 1 aliphatic rings. The number of hydrogen-bond donors (Lipinski definition) is 1. The average Bonchev–Trinajstić information content (AvgIpc) is 2.84. The molecule has 0 spiro atoms. The Morgan fingerprint density at radius 2 is 2.32 bits per heavy atom. The number of likely N-dealkylation sites (N-methyl/N-ethyl adjacent to an activating group) is 1. The van der Waals surface area contributed by atoms with E-state index in [0.717, 1.165) is 10.7 Å². The predicted octanol–water partition coefficient (Wildman–Crippen LogP) is -0.104. The van der Waals surface area contributed by atoms with E-state index >= 15 is 0 Å². The lowest BCUT2D eigenvalue weighted by Crippen LogP contribution is -2.39. The second-order valence-corrected chi connectivity index (χ2v) is 5.03. The minimum atomic E-state index is -1.11. The SMILES string of the molecule is CCN(CC(=O)O)C(=O)c1cnc2n(c1=O)CCS2. The molecule has 0 fully saturated rings. The molecule has 1 amide bonds. The van der Waals surface area contributed by atoms with Crippen LogP contribution in [0.2, 0.25) is 0 Å². The fraction of sp³-hybridized carbons (Fsp3) is 0.455. The van der Waals surface area contributed by atoms with Crippen molar-refractivity contribution in [3.05, 3.63) is 22.1 Å². The van der Waals surface area contributed by atoms with E-state index in [0.29, 0.717) is 11.7 Å². The molecule has 1 aromatic heterocycles. The van der Waals surface area contributed by atoms with Crippen LogP contribution in [-0.2, 0) is 11.3 Å². The molecule has 7 nitrogen and oxygen atoms in total. The van der Waals surface area contributed by atoms with Crippen LogP contribution in [0.3, 0.4) is 0 Å². The number of carboxylic acids is 1. The van der Waals surface area contributed by atoms with E-state index in [1.807, 2.05) is 0 Å². The Kier molecular flexibility index (Phi) is 3.89. The standard InChI is InChI=1S/C11H13N3O4S/c1-2-13(6-8(15)16)9(17)7-5-12-11-14(10(7)18)3-4-19-11/h5H,2-4,6H2,1H3,(H,15,16). The van der Waals surface area contributed by atoms with Gasteiger partial charge in [0.15, 0.2) is 5.16 Å². The van der Waals surface area contributed by atoms with E-state index < -0.39 is 24.0 Å². The van der Waals surface area contributed by atoms with E-state index in [2.05, 4.69) is 4.98 Å². The van der Waals surface area contributed by atoms with Gasteiger partial charge in [0.1, 0.15) is 12.1 Å². The first-order valence-corrected chi connectivity index (χ1v) is 6.77. The molecule has 0 bridgehead atoms. The Hall–Kier alpha value is -1.83. The van der Waals surface area contributed by atoms with Gasteiger partial charge in [-0.25, -0.2) is 4.98 Å². The Morgan fingerprint density at radius 3 is 2.95 bits per heavy atom. The molecule has 8 heteroatoms. The minimum absolute atomic E-state index is 0.0747. The molecule has 0 saturated heterocycles. The summed E-state index contributed by atoms with van der Waals surface area (Å²) in [6.07, 6.45) is 1.24.